The van der Waals surface area contributed by atoms with Gasteiger partial charge in [0.2, 0.25) is 0 Å². The van der Waals surface area contributed by atoms with Gasteiger partial charge in [0, 0.05) is 26.2 Å². The minimum absolute atomic E-state index is 0.260. The van der Waals surface area contributed by atoms with Crippen molar-refractivity contribution in [2.75, 3.05) is 46.9 Å². The van der Waals surface area contributed by atoms with Crippen molar-refractivity contribution in [1.82, 2.24) is 9.80 Å². The van der Waals surface area contributed by atoms with Gasteiger partial charge in [-0.05, 0) is 51.2 Å². The third kappa shape index (κ3) is 3.18. The molecule has 1 N–H and O–H groups in total. The molecule has 0 aliphatic carbocycles. The second-order valence-electron chi connectivity index (χ2n) is 5.97. The summed E-state index contributed by atoms with van der Waals surface area (Å²) in [6.45, 7) is 3.88. The molecule has 0 spiro atoms. The summed E-state index contributed by atoms with van der Waals surface area (Å²) in [6, 6.07) is 0. The normalized spacial score (nSPS) is 41.6. The molecule has 4 heteroatoms. The van der Waals surface area contributed by atoms with Crippen molar-refractivity contribution in [2.45, 2.75) is 19.0 Å². The van der Waals surface area contributed by atoms with E-state index in [0.717, 1.165) is 26.1 Å². The van der Waals surface area contributed by atoms with E-state index in [2.05, 4.69) is 16.8 Å². The van der Waals surface area contributed by atoms with E-state index in [1.54, 1.807) is 0 Å². The lowest BCUT2D eigenvalue weighted by atomic mass is 9.74. The van der Waals surface area contributed by atoms with Gasteiger partial charge in [-0.3, -0.25) is 0 Å². The van der Waals surface area contributed by atoms with Crippen LogP contribution >= 0.6 is 0 Å². The molecule has 0 aromatic carbocycles. The van der Waals surface area contributed by atoms with Crippen molar-refractivity contribution in [1.29, 1.82) is 0 Å². The van der Waals surface area contributed by atoms with Crippen molar-refractivity contribution in [3.8, 4) is 0 Å². The Morgan fingerprint density at radius 2 is 1.94 bits per heavy atom. The van der Waals surface area contributed by atoms with E-state index in [9.17, 15) is 9.50 Å². The van der Waals surface area contributed by atoms with Gasteiger partial charge < -0.3 is 14.9 Å². The van der Waals surface area contributed by atoms with Crippen LogP contribution in [0.5, 0.6) is 0 Å². The molecular formula is C13H25FN2O. The highest BCUT2D eigenvalue weighted by molar-refractivity contribution is 4.89. The Hall–Kier alpha value is -0.190. The third-order valence-electron chi connectivity index (χ3n) is 4.46. The predicted octanol–water partition coefficient (Wildman–Crippen LogP) is 0.836. The van der Waals surface area contributed by atoms with Crippen LogP contribution in [0.2, 0.25) is 0 Å². The Morgan fingerprint density at radius 1 is 1.18 bits per heavy atom. The Bertz CT molecular complexity index is 242. The first-order valence-corrected chi connectivity index (χ1v) is 6.72. The van der Waals surface area contributed by atoms with E-state index >= 15 is 0 Å². The van der Waals surface area contributed by atoms with Crippen LogP contribution in [-0.4, -0.2) is 68.0 Å². The van der Waals surface area contributed by atoms with Gasteiger partial charge in [-0.1, -0.05) is 0 Å². The molecule has 2 fully saturated rings. The fourth-order valence-corrected chi connectivity index (χ4v) is 3.56. The average molecular weight is 244 g/mol. The van der Waals surface area contributed by atoms with Gasteiger partial charge in [-0.25, -0.2) is 4.39 Å². The monoisotopic (exact) mass is 244 g/mol. The van der Waals surface area contributed by atoms with Gasteiger partial charge in [0.15, 0.2) is 0 Å². The number of alkyl halides is 1. The number of aliphatic hydroxyl groups is 1. The minimum atomic E-state index is -0.690. The molecule has 2 saturated heterocycles. The van der Waals surface area contributed by atoms with Crippen molar-refractivity contribution < 1.29 is 9.50 Å². The summed E-state index contributed by atoms with van der Waals surface area (Å²) < 4.78 is 13.6. The zero-order chi connectivity index (χ0) is 12.4. The molecule has 4 atom stereocenters. The Labute approximate surface area is 104 Å². The second-order valence-corrected chi connectivity index (χ2v) is 5.97. The summed E-state index contributed by atoms with van der Waals surface area (Å²) in [6.07, 6.45) is 1.04. The highest BCUT2D eigenvalue weighted by Gasteiger charge is 2.37. The number of aliphatic hydroxyl groups excluding tert-OH is 1. The highest BCUT2D eigenvalue weighted by atomic mass is 19.1. The quantitative estimate of drug-likeness (QED) is 0.779. The van der Waals surface area contributed by atoms with Crippen molar-refractivity contribution >= 4 is 0 Å². The third-order valence-corrected chi connectivity index (χ3v) is 4.46. The Morgan fingerprint density at radius 3 is 2.59 bits per heavy atom. The van der Waals surface area contributed by atoms with Crippen LogP contribution in [0, 0.1) is 17.8 Å². The van der Waals surface area contributed by atoms with Crippen LogP contribution < -0.4 is 0 Å². The number of piperidine rings is 2. The number of likely N-dealkylation sites (tertiary alicyclic amines) is 2. The molecule has 100 valence electrons. The lowest BCUT2D eigenvalue weighted by molar-refractivity contribution is 0.00895. The standard InChI is InChI=1S/C13H25FN2O/c1-15-4-3-10(9-17)13(8-15)11-5-12(14)7-16(2)6-11/h10-13,17H,3-9H2,1-2H3. The molecule has 0 aromatic rings. The first-order valence-electron chi connectivity index (χ1n) is 6.72. The van der Waals surface area contributed by atoms with Crippen molar-refractivity contribution in [2.24, 2.45) is 17.8 Å². The Balaban J connectivity index is 2.02. The second kappa shape index (κ2) is 5.63. The molecule has 2 heterocycles. The number of rotatable bonds is 2. The summed E-state index contributed by atoms with van der Waals surface area (Å²) in [4.78, 5) is 4.42. The SMILES string of the molecule is CN1CC(F)CC(C2CN(C)CCC2CO)C1. The van der Waals surface area contributed by atoms with Crippen LogP contribution in [0.25, 0.3) is 0 Å². The predicted molar refractivity (Wildman–Crippen MR) is 66.7 cm³/mol. The topological polar surface area (TPSA) is 26.7 Å². The molecule has 0 saturated carbocycles. The number of hydrogen-bond acceptors (Lipinski definition) is 3. The van der Waals surface area contributed by atoms with Gasteiger partial charge in [-0.15, -0.1) is 0 Å². The molecule has 2 aliphatic rings. The Kier molecular flexibility index (Phi) is 4.39. The van der Waals surface area contributed by atoms with Crippen LogP contribution in [0.3, 0.4) is 0 Å². The molecule has 0 amide bonds. The highest BCUT2D eigenvalue weighted by Crippen LogP contribution is 2.34. The summed E-state index contributed by atoms with van der Waals surface area (Å²) in [7, 11) is 4.12. The summed E-state index contributed by atoms with van der Waals surface area (Å²) in [5.74, 6) is 1.23. The lowest BCUT2D eigenvalue weighted by Crippen LogP contribution is -2.49. The molecule has 4 unspecified atom stereocenters. The number of halogens is 1. The van der Waals surface area contributed by atoms with Crippen LogP contribution in [-0.2, 0) is 0 Å². The van der Waals surface area contributed by atoms with Crippen LogP contribution in [0.1, 0.15) is 12.8 Å². The average Bonchev–Trinajstić information content (AvgIpc) is 2.27. The fraction of sp³-hybridized carbons (Fsp3) is 1.00. The first-order chi connectivity index (χ1) is 8.10. The van der Waals surface area contributed by atoms with Crippen LogP contribution in [0.4, 0.5) is 4.39 Å². The lowest BCUT2D eigenvalue weighted by Gasteiger charge is -2.44. The van der Waals surface area contributed by atoms with E-state index in [-0.39, 0.29) is 6.61 Å². The van der Waals surface area contributed by atoms with E-state index in [4.69, 9.17) is 0 Å². The zero-order valence-electron chi connectivity index (χ0n) is 11.0. The number of nitrogens with zero attached hydrogens (tertiary/aromatic N) is 2. The molecule has 3 nitrogen and oxygen atoms in total. The summed E-state index contributed by atoms with van der Waals surface area (Å²) in [5.41, 5.74) is 0. The summed E-state index contributed by atoms with van der Waals surface area (Å²) in [5, 5.41) is 9.48. The van der Waals surface area contributed by atoms with Gasteiger partial charge >= 0.3 is 0 Å². The first kappa shape index (κ1) is 13.2. The van der Waals surface area contributed by atoms with E-state index in [1.807, 2.05) is 7.05 Å². The fourth-order valence-electron chi connectivity index (χ4n) is 3.56. The van der Waals surface area contributed by atoms with Crippen molar-refractivity contribution in [3.63, 3.8) is 0 Å². The van der Waals surface area contributed by atoms with Gasteiger partial charge in [0.25, 0.3) is 0 Å². The zero-order valence-corrected chi connectivity index (χ0v) is 11.0. The van der Waals surface area contributed by atoms with E-state index < -0.39 is 6.17 Å². The van der Waals surface area contributed by atoms with Gasteiger partial charge in [0.1, 0.15) is 6.17 Å². The van der Waals surface area contributed by atoms with Gasteiger partial charge in [0.05, 0.1) is 0 Å². The molecule has 2 rings (SSSR count). The molecule has 0 bridgehead atoms. The minimum Gasteiger partial charge on any atom is -0.396 e. The molecule has 2 aliphatic heterocycles. The maximum Gasteiger partial charge on any atom is 0.113 e. The molecular weight excluding hydrogens is 219 g/mol. The molecule has 17 heavy (non-hydrogen) atoms. The number of hydrogen-bond donors (Lipinski definition) is 1. The largest absolute Gasteiger partial charge is 0.396 e. The maximum atomic E-state index is 13.6. The van der Waals surface area contributed by atoms with Crippen molar-refractivity contribution in [3.05, 3.63) is 0 Å². The van der Waals surface area contributed by atoms with Gasteiger partial charge in [-0.2, -0.15) is 0 Å². The van der Waals surface area contributed by atoms with E-state index in [0.29, 0.717) is 30.7 Å². The van der Waals surface area contributed by atoms with E-state index in [1.165, 1.54) is 0 Å². The summed E-state index contributed by atoms with van der Waals surface area (Å²) >= 11 is 0. The van der Waals surface area contributed by atoms with Crippen LogP contribution in [0.15, 0.2) is 0 Å². The molecule has 0 radical (unpaired) electrons. The molecule has 0 aromatic heterocycles. The maximum absolute atomic E-state index is 13.6. The smallest absolute Gasteiger partial charge is 0.113 e.